The fourth-order valence-corrected chi connectivity index (χ4v) is 1.94. The third-order valence-electron chi connectivity index (χ3n) is 3.07. The Bertz CT molecular complexity index is 563. The maximum absolute atomic E-state index is 10.4. The molecule has 0 amide bonds. The molecule has 0 saturated heterocycles. The van der Waals surface area contributed by atoms with Crippen LogP contribution in [-0.2, 0) is 10.3 Å². The largest absolute Gasteiger partial charge is 0.235 e. The lowest BCUT2D eigenvalue weighted by atomic mass is 10.1. The van der Waals surface area contributed by atoms with E-state index in [0.717, 1.165) is 24.1 Å². The fraction of sp³-hybridized carbons (Fsp3) is 0.250. The highest BCUT2D eigenvalue weighted by molar-refractivity contribution is 5.43. The van der Waals surface area contributed by atoms with Crippen molar-refractivity contribution >= 4 is 6.08 Å². The summed E-state index contributed by atoms with van der Waals surface area (Å²) in [5, 5.41) is 7.67. The van der Waals surface area contributed by atoms with E-state index in [9.17, 15) is 4.79 Å². The summed E-state index contributed by atoms with van der Waals surface area (Å²) in [6, 6.07) is 7.85. The number of rotatable bonds is 3. The highest BCUT2D eigenvalue weighted by Crippen LogP contribution is 2.49. The van der Waals surface area contributed by atoms with Gasteiger partial charge < -0.3 is 0 Å². The highest BCUT2D eigenvalue weighted by atomic mass is 16.1. The van der Waals surface area contributed by atoms with Gasteiger partial charge in [0.25, 0.3) is 0 Å². The molecule has 1 aromatic carbocycles. The fourth-order valence-electron chi connectivity index (χ4n) is 1.94. The van der Waals surface area contributed by atoms with Crippen LogP contribution in [0.25, 0.3) is 5.69 Å². The molecular weight excluding hydrogens is 216 g/mol. The van der Waals surface area contributed by atoms with Gasteiger partial charge >= 0.3 is 0 Å². The van der Waals surface area contributed by atoms with Gasteiger partial charge in [0, 0.05) is 0 Å². The van der Waals surface area contributed by atoms with Gasteiger partial charge in [-0.1, -0.05) is 17.3 Å². The maximum atomic E-state index is 10.4. The van der Waals surface area contributed by atoms with Crippen molar-refractivity contribution in [3.8, 4) is 5.69 Å². The molecule has 1 aliphatic carbocycles. The lowest BCUT2D eigenvalue weighted by Crippen LogP contribution is -2.03. The molecule has 2 aromatic rings. The van der Waals surface area contributed by atoms with E-state index in [4.69, 9.17) is 0 Å². The van der Waals surface area contributed by atoms with Crippen LogP contribution in [0.5, 0.6) is 0 Å². The van der Waals surface area contributed by atoms with E-state index in [0.29, 0.717) is 0 Å². The monoisotopic (exact) mass is 226 g/mol. The molecule has 17 heavy (non-hydrogen) atoms. The molecule has 0 N–H and O–H groups in total. The molecule has 1 heterocycles. The SMILES string of the molecule is O=C=NC1(c2ccc(-n3ccnn3)cc2)CC1. The van der Waals surface area contributed by atoms with Crippen molar-refractivity contribution in [2.24, 2.45) is 4.99 Å². The number of isocyanates is 1. The van der Waals surface area contributed by atoms with Crippen molar-refractivity contribution < 1.29 is 4.79 Å². The average molecular weight is 226 g/mol. The Morgan fingerprint density at radius 3 is 2.59 bits per heavy atom. The molecule has 1 aromatic heterocycles. The molecule has 0 aliphatic heterocycles. The van der Waals surface area contributed by atoms with Gasteiger partial charge in [-0.3, -0.25) is 0 Å². The van der Waals surface area contributed by atoms with Crippen LogP contribution in [0, 0.1) is 0 Å². The van der Waals surface area contributed by atoms with Gasteiger partial charge in [0.1, 0.15) is 0 Å². The summed E-state index contributed by atoms with van der Waals surface area (Å²) >= 11 is 0. The van der Waals surface area contributed by atoms with E-state index in [-0.39, 0.29) is 5.54 Å². The molecule has 0 spiro atoms. The topological polar surface area (TPSA) is 60.1 Å². The molecule has 1 fully saturated rings. The van der Waals surface area contributed by atoms with Gasteiger partial charge in [-0.25, -0.2) is 9.48 Å². The van der Waals surface area contributed by atoms with Crippen LogP contribution >= 0.6 is 0 Å². The van der Waals surface area contributed by atoms with Crippen molar-refractivity contribution in [2.75, 3.05) is 0 Å². The first-order valence-corrected chi connectivity index (χ1v) is 5.40. The second-order valence-electron chi connectivity index (χ2n) is 4.13. The standard InChI is InChI=1S/C12H10N4O/c17-9-13-12(5-6-12)10-1-3-11(4-2-10)16-8-7-14-15-16/h1-4,7-8H,5-6H2. The summed E-state index contributed by atoms with van der Waals surface area (Å²) in [6.07, 6.45) is 6.92. The molecular formula is C12H10N4O. The van der Waals surface area contributed by atoms with Crippen molar-refractivity contribution in [3.05, 3.63) is 42.2 Å². The summed E-state index contributed by atoms with van der Waals surface area (Å²) in [6.45, 7) is 0. The molecule has 5 nitrogen and oxygen atoms in total. The van der Waals surface area contributed by atoms with E-state index in [2.05, 4.69) is 15.3 Å². The van der Waals surface area contributed by atoms with E-state index in [1.165, 1.54) is 0 Å². The molecule has 1 saturated carbocycles. The molecule has 0 bridgehead atoms. The molecule has 3 rings (SSSR count). The number of aromatic nitrogens is 3. The lowest BCUT2D eigenvalue weighted by molar-refractivity contribution is 0.556. The average Bonchev–Trinajstić information content (AvgIpc) is 2.94. The number of nitrogens with zero attached hydrogens (tertiary/aromatic N) is 4. The molecule has 0 radical (unpaired) electrons. The van der Waals surface area contributed by atoms with Crippen LogP contribution in [0.4, 0.5) is 0 Å². The summed E-state index contributed by atoms with van der Waals surface area (Å²) in [5.74, 6) is 0. The van der Waals surface area contributed by atoms with Gasteiger partial charge in [-0.2, -0.15) is 4.99 Å². The summed E-state index contributed by atoms with van der Waals surface area (Å²) in [5.41, 5.74) is 1.70. The first-order valence-electron chi connectivity index (χ1n) is 5.40. The molecule has 0 unspecified atom stereocenters. The van der Waals surface area contributed by atoms with Crippen LogP contribution in [-0.4, -0.2) is 21.1 Å². The number of hydrogen-bond acceptors (Lipinski definition) is 4. The number of hydrogen-bond donors (Lipinski definition) is 0. The van der Waals surface area contributed by atoms with E-state index in [1.54, 1.807) is 23.2 Å². The van der Waals surface area contributed by atoms with Crippen molar-refractivity contribution in [3.63, 3.8) is 0 Å². The van der Waals surface area contributed by atoms with Gasteiger partial charge in [-0.05, 0) is 30.5 Å². The molecule has 5 heteroatoms. The number of aliphatic imine (C=N–C) groups is 1. The number of carbonyl (C=O) groups excluding carboxylic acids is 1. The summed E-state index contributed by atoms with van der Waals surface area (Å²) < 4.78 is 1.69. The Morgan fingerprint density at radius 1 is 1.29 bits per heavy atom. The Hall–Kier alpha value is -2.26. The van der Waals surface area contributed by atoms with Crippen molar-refractivity contribution in [1.82, 2.24) is 15.0 Å². The van der Waals surface area contributed by atoms with Gasteiger partial charge in [-0.15, -0.1) is 5.10 Å². The Labute approximate surface area is 97.8 Å². The van der Waals surface area contributed by atoms with Gasteiger partial charge in [0.15, 0.2) is 0 Å². The zero-order valence-corrected chi connectivity index (χ0v) is 9.08. The van der Waals surface area contributed by atoms with Gasteiger partial charge in [0.2, 0.25) is 6.08 Å². The second-order valence-corrected chi connectivity index (χ2v) is 4.13. The van der Waals surface area contributed by atoms with Crippen LogP contribution in [0.15, 0.2) is 41.7 Å². The van der Waals surface area contributed by atoms with Crippen LogP contribution in [0.2, 0.25) is 0 Å². The normalized spacial score (nSPS) is 16.2. The first kappa shape index (κ1) is 9.93. The minimum Gasteiger partial charge on any atom is -0.221 e. The first-order chi connectivity index (χ1) is 8.34. The van der Waals surface area contributed by atoms with Gasteiger partial charge in [0.05, 0.1) is 23.6 Å². The molecule has 84 valence electrons. The Kier molecular flexibility index (Phi) is 2.13. The zero-order valence-electron chi connectivity index (χ0n) is 9.08. The van der Waals surface area contributed by atoms with Crippen molar-refractivity contribution in [2.45, 2.75) is 18.4 Å². The lowest BCUT2D eigenvalue weighted by Gasteiger charge is -2.08. The summed E-state index contributed by atoms with van der Waals surface area (Å²) in [4.78, 5) is 14.3. The summed E-state index contributed by atoms with van der Waals surface area (Å²) in [7, 11) is 0. The quantitative estimate of drug-likeness (QED) is 0.589. The number of benzene rings is 1. The van der Waals surface area contributed by atoms with E-state index >= 15 is 0 Å². The van der Waals surface area contributed by atoms with Crippen LogP contribution in [0.3, 0.4) is 0 Å². The predicted molar refractivity (Wildman–Crippen MR) is 60.4 cm³/mol. The van der Waals surface area contributed by atoms with E-state index in [1.807, 2.05) is 24.3 Å². The molecule has 0 atom stereocenters. The third-order valence-corrected chi connectivity index (χ3v) is 3.07. The van der Waals surface area contributed by atoms with Crippen molar-refractivity contribution in [1.29, 1.82) is 0 Å². The minimum absolute atomic E-state index is 0.303. The Morgan fingerprint density at radius 2 is 2.06 bits per heavy atom. The third kappa shape index (κ3) is 1.66. The second kappa shape index (κ2) is 3.64. The smallest absolute Gasteiger partial charge is 0.221 e. The van der Waals surface area contributed by atoms with Crippen LogP contribution < -0.4 is 0 Å². The molecule has 1 aliphatic rings. The van der Waals surface area contributed by atoms with Crippen LogP contribution in [0.1, 0.15) is 18.4 Å². The minimum atomic E-state index is -0.303. The Balaban J connectivity index is 1.93. The maximum Gasteiger partial charge on any atom is 0.235 e. The zero-order chi connectivity index (χ0) is 11.7. The predicted octanol–water partition coefficient (Wildman–Crippen LogP) is 1.59. The van der Waals surface area contributed by atoms with E-state index < -0.39 is 0 Å². The highest BCUT2D eigenvalue weighted by Gasteiger charge is 2.44.